The van der Waals surface area contributed by atoms with E-state index in [-0.39, 0.29) is 5.91 Å². The van der Waals surface area contributed by atoms with Crippen molar-refractivity contribution >= 4 is 17.4 Å². The highest BCUT2D eigenvalue weighted by molar-refractivity contribution is 6.05. The fraction of sp³-hybridized carbons (Fsp3) is 0.333. The molecule has 6 nitrogen and oxygen atoms in total. The number of carbonyl (C=O) groups excluding carboxylic acids is 1. The lowest BCUT2D eigenvalue weighted by molar-refractivity contribution is 0.102. The van der Waals surface area contributed by atoms with Gasteiger partial charge in [0.15, 0.2) is 0 Å². The lowest BCUT2D eigenvalue weighted by atomic mass is 9.96. The van der Waals surface area contributed by atoms with Gasteiger partial charge in [0.2, 0.25) is 0 Å². The van der Waals surface area contributed by atoms with Crippen molar-refractivity contribution in [1.82, 2.24) is 4.98 Å². The zero-order chi connectivity index (χ0) is 23.2. The molecule has 0 saturated carbocycles. The van der Waals surface area contributed by atoms with E-state index in [1.165, 1.54) is 25.7 Å². The minimum atomic E-state index is -0.186. The third-order valence-corrected chi connectivity index (χ3v) is 6.13. The van der Waals surface area contributed by atoms with E-state index in [2.05, 4.69) is 15.2 Å². The van der Waals surface area contributed by atoms with Crippen molar-refractivity contribution < 1.29 is 14.3 Å². The van der Waals surface area contributed by atoms with Crippen LogP contribution in [0.3, 0.4) is 0 Å². The van der Waals surface area contributed by atoms with Crippen LogP contribution >= 0.6 is 0 Å². The maximum atomic E-state index is 13.0. The van der Waals surface area contributed by atoms with Crippen LogP contribution in [0.2, 0.25) is 0 Å². The molecule has 1 aliphatic rings. The number of benzene rings is 2. The largest absolute Gasteiger partial charge is 0.496 e. The number of anilines is 2. The Morgan fingerprint density at radius 1 is 0.939 bits per heavy atom. The lowest BCUT2D eigenvalue weighted by Gasteiger charge is -2.21. The number of hydrogen-bond acceptors (Lipinski definition) is 5. The minimum Gasteiger partial charge on any atom is -0.496 e. The second-order valence-corrected chi connectivity index (χ2v) is 8.33. The first kappa shape index (κ1) is 22.6. The molecular formula is C27H31N3O3. The number of nitrogens with one attached hydrogen (secondary N) is 1. The van der Waals surface area contributed by atoms with Crippen molar-refractivity contribution in [3.63, 3.8) is 0 Å². The number of aryl methyl sites for hydroxylation is 1. The van der Waals surface area contributed by atoms with Gasteiger partial charge in [-0.2, -0.15) is 0 Å². The minimum absolute atomic E-state index is 0.186. The van der Waals surface area contributed by atoms with Crippen LogP contribution in [0.1, 0.15) is 41.6 Å². The van der Waals surface area contributed by atoms with Gasteiger partial charge in [0.1, 0.15) is 17.3 Å². The van der Waals surface area contributed by atoms with E-state index in [4.69, 9.17) is 9.47 Å². The molecule has 0 bridgehead atoms. The quantitative estimate of drug-likeness (QED) is 0.527. The monoisotopic (exact) mass is 445 g/mol. The molecule has 172 valence electrons. The van der Waals surface area contributed by atoms with Gasteiger partial charge < -0.3 is 19.7 Å². The average molecular weight is 446 g/mol. The standard InChI is InChI=1S/C27H31N3O3/c1-19-11-12-20(17-22(19)26-23(32-2)9-8-10-24(26)33-3)27(31)29-21-13-14-25(28-18-21)30-15-6-4-5-7-16-30/h8-14,17-18H,4-7,15-16H2,1-3H3,(H,29,31). The molecule has 33 heavy (non-hydrogen) atoms. The Labute approximate surface area is 195 Å². The Morgan fingerprint density at radius 2 is 1.64 bits per heavy atom. The molecule has 1 amide bonds. The molecule has 2 aromatic carbocycles. The number of amides is 1. The van der Waals surface area contributed by atoms with Gasteiger partial charge >= 0.3 is 0 Å². The summed E-state index contributed by atoms with van der Waals surface area (Å²) in [5, 5.41) is 2.97. The number of hydrogen-bond donors (Lipinski definition) is 1. The van der Waals surface area contributed by atoms with Crippen LogP contribution in [-0.2, 0) is 0 Å². The Hall–Kier alpha value is -3.54. The molecule has 3 aromatic rings. The van der Waals surface area contributed by atoms with Crippen LogP contribution in [0.25, 0.3) is 11.1 Å². The van der Waals surface area contributed by atoms with E-state index in [0.29, 0.717) is 22.7 Å². The molecular weight excluding hydrogens is 414 g/mol. The highest BCUT2D eigenvalue weighted by Crippen LogP contribution is 2.40. The van der Waals surface area contributed by atoms with Crippen LogP contribution in [0.15, 0.2) is 54.7 Å². The third kappa shape index (κ3) is 5.11. The zero-order valence-electron chi connectivity index (χ0n) is 19.6. The summed E-state index contributed by atoms with van der Waals surface area (Å²) in [7, 11) is 3.26. The van der Waals surface area contributed by atoms with E-state index < -0.39 is 0 Å². The molecule has 4 rings (SSSR count). The number of pyridine rings is 1. The second-order valence-electron chi connectivity index (χ2n) is 8.33. The van der Waals surface area contributed by atoms with Gasteiger partial charge in [-0.15, -0.1) is 0 Å². The van der Waals surface area contributed by atoms with E-state index in [9.17, 15) is 4.79 Å². The summed E-state index contributed by atoms with van der Waals surface area (Å²) >= 11 is 0. The van der Waals surface area contributed by atoms with Crippen molar-refractivity contribution in [2.75, 3.05) is 37.5 Å². The second kappa shape index (κ2) is 10.4. The molecule has 0 aliphatic carbocycles. The van der Waals surface area contributed by atoms with Crippen molar-refractivity contribution in [2.24, 2.45) is 0 Å². The van der Waals surface area contributed by atoms with Crippen LogP contribution in [0.5, 0.6) is 11.5 Å². The van der Waals surface area contributed by atoms with Gasteiger partial charge in [0, 0.05) is 18.7 Å². The van der Waals surface area contributed by atoms with Crippen molar-refractivity contribution in [3.8, 4) is 22.6 Å². The van der Waals surface area contributed by atoms with Gasteiger partial charge in [-0.25, -0.2) is 4.98 Å². The first-order chi connectivity index (χ1) is 16.1. The van der Waals surface area contributed by atoms with Crippen molar-refractivity contribution in [2.45, 2.75) is 32.6 Å². The van der Waals surface area contributed by atoms with Crippen LogP contribution in [-0.4, -0.2) is 38.2 Å². The summed E-state index contributed by atoms with van der Waals surface area (Å²) in [5.41, 5.74) is 3.98. The molecule has 6 heteroatoms. The number of rotatable bonds is 6. The van der Waals surface area contributed by atoms with Gasteiger partial charge in [-0.3, -0.25) is 4.79 Å². The highest BCUT2D eigenvalue weighted by Gasteiger charge is 2.17. The predicted octanol–water partition coefficient (Wildman–Crippen LogP) is 5.71. The number of carbonyl (C=O) groups is 1. The molecule has 1 aromatic heterocycles. The van der Waals surface area contributed by atoms with Crippen molar-refractivity contribution in [1.29, 1.82) is 0 Å². The molecule has 0 spiro atoms. The van der Waals surface area contributed by atoms with Crippen LogP contribution < -0.4 is 19.7 Å². The first-order valence-corrected chi connectivity index (χ1v) is 11.4. The molecule has 0 radical (unpaired) electrons. The summed E-state index contributed by atoms with van der Waals surface area (Å²) in [6, 6.07) is 15.2. The van der Waals surface area contributed by atoms with E-state index in [0.717, 1.165) is 35.6 Å². The number of methoxy groups -OCH3 is 2. The van der Waals surface area contributed by atoms with Gasteiger partial charge in [0.25, 0.3) is 5.91 Å². The lowest BCUT2D eigenvalue weighted by Crippen LogP contribution is -2.24. The summed E-state index contributed by atoms with van der Waals surface area (Å²) in [6.45, 7) is 4.09. The maximum Gasteiger partial charge on any atom is 0.255 e. The predicted molar refractivity (Wildman–Crippen MR) is 133 cm³/mol. The number of aromatic nitrogens is 1. The molecule has 0 atom stereocenters. The molecule has 0 unspecified atom stereocenters. The highest BCUT2D eigenvalue weighted by atomic mass is 16.5. The Bertz CT molecular complexity index is 1080. The van der Waals surface area contributed by atoms with E-state index in [1.807, 2.05) is 55.5 Å². The molecule has 2 heterocycles. The molecule has 1 fully saturated rings. The van der Waals surface area contributed by atoms with Crippen molar-refractivity contribution in [3.05, 3.63) is 65.9 Å². The Balaban J connectivity index is 1.55. The zero-order valence-corrected chi connectivity index (χ0v) is 19.6. The summed E-state index contributed by atoms with van der Waals surface area (Å²) in [5.74, 6) is 2.18. The van der Waals surface area contributed by atoms with Crippen LogP contribution in [0, 0.1) is 6.92 Å². The third-order valence-electron chi connectivity index (χ3n) is 6.13. The maximum absolute atomic E-state index is 13.0. The van der Waals surface area contributed by atoms with Gasteiger partial charge in [-0.05, 0) is 67.3 Å². The fourth-order valence-electron chi connectivity index (χ4n) is 4.30. The summed E-state index contributed by atoms with van der Waals surface area (Å²) in [4.78, 5) is 20.0. The Kier molecular flexibility index (Phi) is 7.13. The normalized spacial score (nSPS) is 13.8. The molecule has 1 aliphatic heterocycles. The smallest absolute Gasteiger partial charge is 0.255 e. The topological polar surface area (TPSA) is 63.7 Å². The number of nitrogens with zero attached hydrogens (tertiary/aromatic N) is 2. The van der Waals surface area contributed by atoms with Gasteiger partial charge in [-0.1, -0.05) is 25.0 Å². The Morgan fingerprint density at radius 3 is 2.24 bits per heavy atom. The molecule has 1 saturated heterocycles. The fourth-order valence-corrected chi connectivity index (χ4v) is 4.30. The SMILES string of the molecule is COc1cccc(OC)c1-c1cc(C(=O)Nc2ccc(N3CCCCCC3)nc2)ccc1C. The van der Waals surface area contributed by atoms with Crippen LogP contribution in [0.4, 0.5) is 11.5 Å². The summed E-state index contributed by atoms with van der Waals surface area (Å²) in [6.07, 6.45) is 6.70. The first-order valence-electron chi connectivity index (χ1n) is 11.4. The average Bonchev–Trinajstić information content (AvgIpc) is 3.14. The van der Waals surface area contributed by atoms with E-state index >= 15 is 0 Å². The number of ether oxygens (including phenoxy) is 2. The van der Waals surface area contributed by atoms with E-state index in [1.54, 1.807) is 20.4 Å². The molecule has 1 N–H and O–H groups in total. The van der Waals surface area contributed by atoms with Gasteiger partial charge in [0.05, 0.1) is 31.7 Å². The summed E-state index contributed by atoms with van der Waals surface area (Å²) < 4.78 is 11.1.